The predicted octanol–water partition coefficient (Wildman–Crippen LogP) is 2.67. The van der Waals surface area contributed by atoms with E-state index >= 15 is 0 Å². The van der Waals surface area contributed by atoms with Gasteiger partial charge >= 0.3 is 0 Å². The molecule has 0 spiro atoms. The zero-order valence-corrected chi connectivity index (χ0v) is 15.5. The van der Waals surface area contributed by atoms with Crippen molar-refractivity contribution in [1.29, 1.82) is 0 Å². The zero-order chi connectivity index (χ0) is 18.2. The first kappa shape index (κ1) is 19.2. The second-order valence-corrected chi connectivity index (χ2v) is 6.74. The lowest BCUT2D eigenvalue weighted by Crippen LogP contribution is -2.51. The molecule has 2 rings (SSSR count). The first-order valence-corrected chi connectivity index (χ1v) is 9.20. The molecule has 1 aliphatic rings. The molecule has 6 nitrogen and oxygen atoms in total. The summed E-state index contributed by atoms with van der Waals surface area (Å²) in [5, 5.41) is 2.94. The third-order valence-corrected chi connectivity index (χ3v) is 4.21. The van der Waals surface area contributed by atoms with Gasteiger partial charge in [-0.3, -0.25) is 9.59 Å². The van der Waals surface area contributed by atoms with Crippen molar-refractivity contribution in [2.75, 3.05) is 6.54 Å². The van der Waals surface area contributed by atoms with Gasteiger partial charge in [0.05, 0.1) is 6.10 Å². The van der Waals surface area contributed by atoms with Crippen LogP contribution in [-0.2, 0) is 16.1 Å². The van der Waals surface area contributed by atoms with Crippen molar-refractivity contribution in [3.8, 4) is 5.88 Å². The second kappa shape index (κ2) is 9.39. The minimum atomic E-state index is -0.343. The van der Waals surface area contributed by atoms with Gasteiger partial charge in [-0.05, 0) is 45.1 Å². The van der Waals surface area contributed by atoms with Crippen LogP contribution in [0.5, 0.6) is 5.88 Å². The van der Waals surface area contributed by atoms with Gasteiger partial charge < -0.3 is 15.0 Å². The molecule has 1 aromatic heterocycles. The lowest BCUT2D eigenvalue weighted by Gasteiger charge is -2.34. The fourth-order valence-electron chi connectivity index (χ4n) is 2.99. The first-order chi connectivity index (χ1) is 12.0. The molecule has 0 aliphatic carbocycles. The topological polar surface area (TPSA) is 71.5 Å². The summed E-state index contributed by atoms with van der Waals surface area (Å²) in [5.41, 5.74) is 0.909. The van der Waals surface area contributed by atoms with Gasteiger partial charge in [-0.25, -0.2) is 4.98 Å². The molecular weight excluding hydrogens is 318 g/mol. The number of nitrogens with one attached hydrogen (secondary N) is 1. The van der Waals surface area contributed by atoms with Crippen LogP contribution in [0.2, 0.25) is 0 Å². The Labute approximate surface area is 150 Å². The van der Waals surface area contributed by atoms with Gasteiger partial charge in [-0.2, -0.15) is 0 Å². The van der Waals surface area contributed by atoms with Crippen molar-refractivity contribution in [1.82, 2.24) is 15.2 Å². The molecule has 138 valence electrons. The molecule has 25 heavy (non-hydrogen) atoms. The van der Waals surface area contributed by atoms with Crippen LogP contribution in [0.25, 0.3) is 0 Å². The third kappa shape index (κ3) is 5.73. The first-order valence-electron chi connectivity index (χ1n) is 9.20. The SMILES string of the molecule is CCCC(=O)N1CCCCC1C(=O)NCc1ccc(OC(C)C)nc1. The fraction of sp³-hybridized carbons (Fsp3) is 0.632. The molecule has 1 atom stereocenters. The van der Waals surface area contributed by atoms with Crippen molar-refractivity contribution in [3.05, 3.63) is 23.9 Å². The maximum atomic E-state index is 12.6. The highest BCUT2D eigenvalue weighted by atomic mass is 16.5. The number of likely N-dealkylation sites (tertiary alicyclic amines) is 1. The number of aromatic nitrogens is 1. The number of amides is 2. The maximum absolute atomic E-state index is 12.6. The average molecular weight is 347 g/mol. The van der Waals surface area contributed by atoms with E-state index in [1.807, 2.05) is 26.8 Å². The van der Waals surface area contributed by atoms with E-state index in [0.717, 1.165) is 31.2 Å². The van der Waals surface area contributed by atoms with Crippen molar-refractivity contribution in [3.63, 3.8) is 0 Å². The van der Waals surface area contributed by atoms with E-state index in [9.17, 15) is 9.59 Å². The van der Waals surface area contributed by atoms with Crippen LogP contribution in [0.1, 0.15) is 58.4 Å². The smallest absolute Gasteiger partial charge is 0.243 e. The molecule has 1 fully saturated rings. The number of hydrogen-bond acceptors (Lipinski definition) is 4. The van der Waals surface area contributed by atoms with E-state index in [-0.39, 0.29) is 24.0 Å². The Hall–Kier alpha value is -2.11. The molecule has 0 bridgehead atoms. The highest BCUT2D eigenvalue weighted by Gasteiger charge is 2.31. The summed E-state index contributed by atoms with van der Waals surface area (Å²) in [6.07, 6.45) is 5.79. The number of pyridine rings is 1. The molecular formula is C19H29N3O3. The molecule has 1 saturated heterocycles. The van der Waals surface area contributed by atoms with Gasteiger partial charge in [0, 0.05) is 31.8 Å². The molecule has 0 aromatic carbocycles. The van der Waals surface area contributed by atoms with E-state index in [0.29, 0.717) is 25.4 Å². The molecule has 2 heterocycles. The lowest BCUT2D eigenvalue weighted by atomic mass is 10.0. The normalized spacial score (nSPS) is 17.4. The number of nitrogens with zero attached hydrogens (tertiary/aromatic N) is 2. The van der Waals surface area contributed by atoms with Gasteiger partial charge in [0.1, 0.15) is 6.04 Å². The zero-order valence-electron chi connectivity index (χ0n) is 15.5. The average Bonchev–Trinajstić information content (AvgIpc) is 2.60. The van der Waals surface area contributed by atoms with Crippen molar-refractivity contribution < 1.29 is 14.3 Å². The Balaban J connectivity index is 1.90. The van der Waals surface area contributed by atoms with E-state index in [1.54, 1.807) is 17.2 Å². The third-order valence-electron chi connectivity index (χ3n) is 4.21. The molecule has 1 unspecified atom stereocenters. The summed E-state index contributed by atoms with van der Waals surface area (Å²) < 4.78 is 5.51. The van der Waals surface area contributed by atoms with Crippen LogP contribution >= 0.6 is 0 Å². The van der Waals surface area contributed by atoms with Gasteiger partial charge in [-0.1, -0.05) is 13.0 Å². The summed E-state index contributed by atoms with van der Waals surface area (Å²) >= 11 is 0. The maximum Gasteiger partial charge on any atom is 0.243 e. The Morgan fingerprint density at radius 1 is 1.36 bits per heavy atom. The van der Waals surface area contributed by atoms with E-state index in [2.05, 4.69) is 10.3 Å². The molecule has 1 aliphatic heterocycles. The number of rotatable bonds is 7. The van der Waals surface area contributed by atoms with Crippen LogP contribution < -0.4 is 10.1 Å². The van der Waals surface area contributed by atoms with Crippen molar-refractivity contribution in [2.24, 2.45) is 0 Å². The predicted molar refractivity (Wildman–Crippen MR) is 96.1 cm³/mol. The lowest BCUT2D eigenvalue weighted by molar-refractivity contribution is -0.142. The highest BCUT2D eigenvalue weighted by molar-refractivity contribution is 5.87. The Kier molecular flexibility index (Phi) is 7.22. The minimum Gasteiger partial charge on any atom is -0.475 e. The quantitative estimate of drug-likeness (QED) is 0.823. The summed E-state index contributed by atoms with van der Waals surface area (Å²) in [4.78, 5) is 30.8. The molecule has 0 saturated carbocycles. The summed E-state index contributed by atoms with van der Waals surface area (Å²) in [7, 11) is 0. The van der Waals surface area contributed by atoms with Crippen molar-refractivity contribution in [2.45, 2.75) is 71.6 Å². The molecule has 2 amide bonds. The van der Waals surface area contributed by atoms with E-state index < -0.39 is 0 Å². The Morgan fingerprint density at radius 2 is 2.16 bits per heavy atom. The molecule has 1 aromatic rings. The van der Waals surface area contributed by atoms with Crippen LogP contribution in [0, 0.1) is 0 Å². The summed E-state index contributed by atoms with van der Waals surface area (Å²) in [6.45, 7) is 6.97. The van der Waals surface area contributed by atoms with Gasteiger partial charge in [0.15, 0.2) is 0 Å². The van der Waals surface area contributed by atoms with Crippen LogP contribution in [-0.4, -0.2) is 40.4 Å². The van der Waals surface area contributed by atoms with Gasteiger partial charge in [0.25, 0.3) is 0 Å². The number of piperidine rings is 1. The van der Waals surface area contributed by atoms with Gasteiger partial charge in [-0.15, -0.1) is 0 Å². The summed E-state index contributed by atoms with van der Waals surface area (Å²) in [6, 6.07) is 3.36. The Bertz CT molecular complexity index is 572. The Morgan fingerprint density at radius 3 is 2.80 bits per heavy atom. The molecule has 0 radical (unpaired) electrons. The second-order valence-electron chi connectivity index (χ2n) is 6.74. The van der Waals surface area contributed by atoms with Crippen LogP contribution in [0.3, 0.4) is 0 Å². The number of carbonyl (C=O) groups excluding carboxylic acids is 2. The van der Waals surface area contributed by atoms with Crippen LogP contribution in [0.4, 0.5) is 0 Å². The monoisotopic (exact) mass is 347 g/mol. The van der Waals surface area contributed by atoms with Crippen molar-refractivity contribution >= 4 is 11.8 Å². The van der Waals surface area contributed by atoms with Crippen LogP contribution in [0.15, 0.2) is 18.3 Å². The molecule has 6 heteroatoms. The number of carbonyl (C=O) groups is 2. The fourth-order valence-corrected chi connectivity index (χ4v) is 2.99. The van der Waals surface area contributed by atoms with Gasteiger partial charge in [0.2, 0.25) is 17.7 Å². The minimum absolute atomic E-state index is 0.0772. The standard InChI is InChI=1S/C19H29N3O3/c1-4-7-18(23)22-11-6-5-8-16(22)19(24)21-13-15-9-10-17(20-12-15)25-14(2)3/h9-10,12,14,16H,4-8,11,13H2,1-3H3,(H,21,24). The largest absolute Gasteiger partial charge is 0.475 e. The number of hydrogen-bond donors (Lipinski definition) is 1. The highest BCUT2D eigenvalue weighted by Crippen LogP contribution is 2.19. The van der Waals surface area contributed by atoms with E-state index in [1.165, 1.54) is 0 Å². The number of ether oxygens (including phenoxy) is 1. The van der Waals surface area contributed by atoms with E-state index in [4.69, 9.17) is 4.74 Å². The summed E-state index contributed by atoms with van der Waals surface area (Å²) in [5.74, 6) is 0.583. The molecule has 1 N–H and O–H groups in total.